The average Bonchev–Trinajstić information content (AvgIpc) is 3.00. The molecule has 7 heteroatoms. The molecule has 2 aromatic rings. The van der Waals surface area contributed by atoms with Crippen molar-refractivity contribution in [2.75, 3.05) is 19.0 Å². The third-order valence-electron chi connectivity index (χ3n) is 2.95. The van der Waals surface area contributed by atoms with Gasteiger partial charge in [-0.2, -0.15) is 0 Å². The quantitative estimate of drug-likeness (QED) is 0.395. The first-order valence-corrected chi connectivity index (χ1v) is 6.48. The second kappa shape index (κ2) is 8.04. The number of nitrogens with zero attached hydrogens (tertiary/aromatic N) is 1. The van der Waals surface area contributed by atoms with Gasteiger partial charge >= 0.3 is 0 Å². The van der Waals surface area contributed by atoms with Crippen LogP contribution in [0.15, 0.2) is 52.1 Å². The fourth-order valence-electron chi connectivity index (χ4n) is 1.79. The molecule has 4 N–H and O–H groups in total. The monoisotopic (exact) mass is 417 g/mol. The summed E-state index contributed by atoms with van der Waals surface area (Å²) in [6.07, 6.45) is 1.51. The number of guanidine groups is 1. The van der Waals surface area contributed by atoms with Crippen LogP contribution in [0.5, 0.6) is 5.75 Å². The zero-order valence-electron chi connectivity index (χ0n) is 12.4. The van der Waals surface area contributed by atoms with E-state index in [1.165, 1.54) is 6.26 Å². The number of halogens is 1. The summed E-state index contributed by atoms with van der Waals surface area (Å²) in [6, 6.07) is 10.7. The van der Waals surface area contributed by atoms with Gasteiger partial charge in [-0.3, -0.25) is 0 Å². The number of nitrogens with one attached hydrogen (secondary N) is 1. The van der Waals surface area contributed by atoms with Crippen molar-refractivity contribution in [2.24, 2.45) is 10.7 Å². The van der Waals surface area contributed by atoms with E-state index >= 15 is 0 Å². The lowest BCUT2D eigenvalue weighted by Gasteiger charge is -2.18. The van der Waals surface area contributed by atoms with E-state index in [1.807, 2.05) is 18.2 Å². The number of benzene rings is 1. The standard InChI is InChI=1S/C15H19N3O3.HI/c1-15(19,13-7-4-8-21-13)10-17-14(16)18-11-5-3-6-12(9-11)20-2;/h3-9,19H,10H2,1-2H3,(H3,16,17,18);1H. The van der Waals surface area contributed by atoms with Crippen LogP contribution in [0.3, 0.4) is 0 Å². The van der Waals surface area contributed by atoms with Gasteiger partial charge in [-0.15, -0.1) is 24.0 Å². The Hall–Kier alpha value is -1.74. The molecule has 2 rings (SSSR count). The molecule has 0 aliphatic heterocycles. The van der Waals surface area contributed by atoms with E-state index in [9.17, 15) is 5.11 Å². The van der Waals surface area contributed by atoms with E-state index in [4.69, 9.17) is 14.9 Å². The van der Waals surface area contributed by atoms with Crippen molar-refractivity contribution >= 4 is 35.6 Å². The molecule has 1 aromatic heterocycles. The van der Waals surface area contributed by atoms with Gasteiger partial charge in [0.25, 0.3) is 0 Å². The van der Waals surface area contributed by atoms with Crippen molar-refractivity contribution in [3.63, 3.8) is 0 Å². The molecule has 1 aromatic carbocycles. The van der Waals surface area contributed by atoms with E-state index in [2.05, 4.69) is 10.3 Å². The maximum absolute atomic E-state index is 10.3. The SMILES string of the molecule is COc1cccc(NC(N)=NCC(C)(O)c2ccco2)c1.I. The number of methoxy groups -OCH3 is 1. The van der Waals surface area contributed by atoms with Crippen LogP contribution in [0.4, 0.5) is 5.69 Å². The number of rotatable bonds is 5. The third-order valence-corrected chi connectivity index (χ3v) is 2.95. The molecule has 6 nitrogen and oxygen atoms in total. The Labute approximate surface area is 146 Å². The highest BCUT2D eigenvalue weighted by molar-refractivity contribution is 14.0. The smallest absolute Gasteiger partial charge is 0.193 e. The lowest BCUT2D eigenvalue weighted by molar-refractivity contribution is 0.0438. The lowest BCUT2D eigenvalue weighted by Crippen LogP contribution is -2.29. The topological polar surface area (TPSA) is 93.0 Å². The number of anilines is 1. The summed E-state index contributed by atoms with van der Waals surface area (Å²) in [5, 5.41) is 13.2. The molecule has 0 spiro atoms. The van der Waals surface area contributed by atoms with Gasteiger partial charge in [0.2, 0.25) is 0 Å². The van der Waals surface area contributed by atoms with Crippen molar-refractivity contribution in [1.82, 2.24) is 0 Å². The van der Waals surface area contributed by atoms with E-state index in [1.54, 1.807) is 32.2 Å². The highest BCUT2D eigenvalue weighted by Gasteiger charge is 2.25. The number of hydrogen-bond acceptors (Lipinski definition) is 4. The maximum atomic E-state index is 10.3. The first-order chi connectivity index (χ1) is 10.0. The van der Waals surface area contributed by atoms with E-state index < -0.39 is 5.60 Å². The lowest BCUT2D eigenvalue weighted by atomic mass is 10.0. The van der Waals surface area contributed by atoms with Gasteiger partial charge in [-0.05, 0) is 31.2 Å². The minimum absolute atomic E-state index is 0. The fourth-order valence-corrected chi connectivity index (χ4v) is 1.79. The number of hydrogen-bond donors (Lipinski definition) is 3. The number of ether oxygens (including phenoxy) is 1. The summed E-state index contributed by atoms with van der Waals surface area (Å²) >= 11 is 0. The molecule has 1 atom stereocenters. The van der Waals surface area contributed by atoms with Gasteiger partial charge in [-0.25, -0.2) is 4.99 Å². The first-order valence-electron chi connectivity index (χ1n) is 6.48. The summed E-state index contributed by atoms with van der Waals surface area (Å²) in [5.41, 5.74) is 5.37. The average molecular weight is 417 g/mol. The second-order valence-electron chi connectivity index (χ2n) is 4.81. The summed E-state index contributed by atoms with van der Waals surface area (Å²) in [4.78, 5) is 4.14. The Kier molecular flexibility index (Phi) is 6.69. The zero-order valence-corrected chi connectivity index (χ0v) is 14.8. The summed E-state index contributed by atoms with van der Waals surface area (Å²) in [7, 11) is 1.59. The van der Waals surface area contributed by atoms with E-state index in [0.29, 0.717) is 5.76 Å². The Balaban J connectivity index is 0.00000242. The predicted octanol–water partition coefficient (Wildman–Crippen LogP) is 2.54. The van der Waals surface area contributed by atoms with Crippen molar-refractivity contribution < 1.29 is 14.3 Å². The molecule has 0 bridgehead atoms. The summed E-state index contributed by atoms with van der Waals surface area (Å²) < 4.78 is 10.3. The summed E-state index contributed by atoms with van der Waals surface area (Å²) in [5.74, 6) is 1.37. The van der Waals surface area contributed by atoms with Crippen molar-refractivity contribution in [3.8, 4) is 5.75 Å². The van der Waals surface area contributed by atoms with Crippen LogP contribution in [-0.4, -0.2) is 24.7 Å². The Morgan fingerprint density at radius 3 is 2.82 bits per heavy atom. The molecule has 0 saturated heterocycles. The number of aliphatic imine (C=N–C) groups is 1. The molecule has 1 heterocycles. The molecule has 0 saturated carbocycles. The van der Waals surface area contributed by atoms with Crippen molar-refractivity contribution in [3.05, 3.63) is 48.4 Å². The van der Waals surface area contributed by atoms with Gasteiger partial charge in [-0.1, -0.05) is 6.07 Å². The predicted molar refractivity (Wildman–Crippen MR) is 96.8 cm³/mol. The zero-order chi connectivity index (χ0) is 15.3. The minimum atomic E-state index is -1.20. The molecule has 22 heavy (non-hydrogen) atoms. The van der Waals surface area contributed by atoms with Crippen LogP contribution in [0, 0.1) is 0 Å². The Morgan fingerprint density at radius 1 is 1.41 bits per heavy atom. The molecule has 0 fully saturated rings. The summed E-state index contributed by atoms with van der Waals surface area (Å²) in [6.45, 7) is 1.71. The first kappa shape index (κ1) is 18.3. The molecule has 0 amide bonds. The van der Waals surface area contributed by atoms with Gasteiger partial charge < -0.3 is 25.3 Å². The largest absolute Gasteiger partial charge is 0.497 e. The van der Waals surface area contributed by atoms with Gasteiger partial charge in [0.15, 0.2) is 5.96 Å². The molecule has 0 aliphatic rings. The molecular weight excluding hydrogens is 397 g/mol. The molecule has 0 aliphatic carbocycles. The number of furan rings is 1. The normalized spacial score (nSPS) is 13.9. The Morgan fingerprint density at radius 2 is 2.18 bits per heavy atom. The van der Waals surface area contributed by atoms with E-state index in [0.717, 1.165) is 11.4 Å². The van der Waals surface area contributed by atoms with Crippen LogP contribution in [0.2, 0.25) is 0 Å². The molecule has 120 valence electrons. The van der Waals surface area contributed by atoms with Crippen LogP contribution >= 0.6 is 24.0 Å². The van der Waals surface area contributed by atoms with Crippen LogP contribution in [0.1, 0.15) is 12.7 Å². The van der Waals surface area contributed by atoms with Crippen molar-refractivity contribution in [1.29, 1.82) is 0 Å². The molecule has 1 unspecified atom stereocenters. The molecular formula is C15H20IN3O3. The van der Waals surface area contributed by atoms with Crippen LogP contribution in [-0.2, 0) is 5.60 Å². The van der Waals surface area contributed by atoms with Gasteiger partial charge in [0.1, 0.15) is 17.1 Å². The highest BCUT2D eigenvalue weighted by Crippen LogP contribution is 2.21. The van der Waals surface area contributed by atoms with Crippen LogP contribution in [0.25, 0.3) is 0 Å². The van der Waals surface area contributed by atoms with Crippen molar-refractivity contribution in [2.45, 2.75) is 12.5 Å². The highest BCUT2D eigenvalue weighted by atomic mass is 127. The van der Waals surface area contributed by atoms with Crippen LogP contribution < -0.4 is 15.8 Å². The van der Waals surface area contributed by atoms with Gasteiger partial charge in [0, 0.05) is 11.8 Å². The second-order valence-corrected chi connectivity index (χ2v) is 4.81. The third kappa shape index (κ3) is 4.92. The van der Waals surface area contributed by atoms with Gasteiger partial charge in [0.05, 0.1) is 19.9 Å². The number of nitrogens with two attached hydrogens (primary N) is 1. The fraction of sp³-hybridized carbons (Fsp3) is 0.267. The van der Waals surface area contributed by atoms with E-state index in [-0.39, 0.29) is 36.5 Å². The molecule has 0 radical (unpaired) electrons. The maximum Gasteiger partial charge on any atom is 0.193 e. The Bertz CT molecular complexity index is 612. The number of aliphatic hydroxyl groups is 1. The minimum Gasteiger partial charge on any atom is -0.497 e.